The molecule has 200 valence electrons. The molecule has 0 heterocycles. The average Bonchev–Trinajstić information content (AvgIpc) is 2.90. The number of nitrogens with one attached hydrogen (secondary N) is 1. The Morgan fingerprint density at radius 2 is 1.82 bits per heavy atom. The van der Waals surface area contributed by atoms with Crippen molar-refractivity contribution in [3.05, 3.63) is 112 Å². The van der Waals surface area contributed by atoms with Gasteiger partial charge in [0.1, 0.15) is 13.2 Å². The second-order valence-electron chi connectivity index (χ2n) is 9.20. The van der Waals surface area contributed by atoms with E-state index >= 15 is 0 Å². The summed E-state index contributed by atoms with van der Waals surface area (Å²) in [7, 11) is 0. The van der Waals surface area contributed by atoms with Crippen LogP contribution in [0.4, 0.5) is 5.69 Å². The second kappa shape index (κ2) is 12.8. The van der Waals surface area contributed by atoms with Crippen molar-refractivity contribution in [3.8, 4) is 0 Å². The summed E-state index contributed by atoms with van der Waals surface area (Å²) in [5.41, 5.74) is -0.0158. The van der Waals surface area contributed by atoms with Gasteiger partial charge in [-0.3, -0.25) is 14.9 Å². The first-order valence-corrected chi connectivity index (χ1v) is 12.2. The minimum absolute atomic E-state index is 0.0698. The molecule has 0 aliphatic heterocycles. The number of aliphatic hydroxyl groups is 1. The number of nitrogens with zero attached hydrogens (tertiary/aromatic N) is 1. The molecule has 2 N–H and O–H groups in total. The number of hydrogen-bond acceptors (Lipinski definition) is 8. The zero-order valence-electron chi connectivity index (χ0n) is 21.3. The van der Waals surface area contributed by atoms with Crippen LogP contribution in [-0.4, -0.2) is 47.3 Å². The molecule has 0 bridgehead atoms. The number of nitro benzene ring substituents is 1. The Bertz CT molecular complexity index is 1220. The summed E-state index contributed by atoms with van der Waals surface area (Å²) in [6, 6.07) is 15.4. The monoisotopic (exact) mass is 520 g/mol. The summed E-state index contributed by atoms with van der Waals surface area (Å²) in [4.78, 5) is 37.7. The van der Waals surface area contributed by atoms with Gasteiger partial charge in [-0.05, 0) is 24.5 Å². The van der Waals surface area contributed by atoms with E-state index in [1.807, 2.05) is 30.3 Å². The number of non-ortho nitro benzene ring substituents is 1. The van der Waals surface area contributed by atoms with Crippen molar-refractivity contribution in [3.63, 3.8) is 0 Å². The van der Waals surface area contributed by atoms with Crippen LogP contribution >= 0.6 is 0 Å². The van der Waals surface area contributed by atoms with Crippen LogP contribution in [-0.2, 0) is 25.5 Å². The van der Waals surface area contributed by atoms with E-state index in [4.69, 9.17) is 9.47 Å². The molecule has 3 rings (SSSR count). The fraction of sp³-hybridized carbons (Fsp3) is 0.310. The van der Waals surface area contributed by atoms with Crippen molar-refractivity contribution in [1.82, 2.24) is 5.32 Å². The summed E-state index contributed by atoms with van der Waals surface area (Å²) in [6.07, 6.45) is 3.37. The lowest BCUT2D eigenvalue weighted by molar-refractivity contribution is -0.384. The number of carbonyl (C=O) groups excluding carboxylic acids is 2. The molecule has 0 spiro atoms. The van der Waals surface area contributed by atoms with Crippen molar-refractivity contribution in [1.29, 1.82) is 0 Å². The van der Waals surface area contributed by atoms with Crippen LogP contribution in [0, 0.1) is 16.0 Å². The van der Waals surface area contributed by atoms with E-state index in [0.29, 0.717) is 24.2 Å². The van der Waals surface area contributed by atoms with Crippen molar-refractivity contribution >= 4 is 17.6 Å². The van der Waals surface area contributed by atoms with Gasteiger partial charge >= 0.3 is 11.9 Å². The molecule has 0 fully saturated rings. The number of carbonyl (C=O) groups is 2. The number of hydrogen-bond donors (Lipinski definition) is 2. The molecule has 3 atom stereocenters. The Labute approximate surface area is 221 Å². The Hall–Kier alpha value is -4.24. The predicted molar refractivity (Wildman–Crippen MR) is 142 cm³/mol. The molecule has 9 heteroatoms. The van der Waals surface area contributed by atoms with E-state index in [-0.39, 0.29) is 30.9 Å². The van der Waals surface area contributed by atoms with Gasteiger partial charge in [0, 0.05) is 36.7 Å². The highest BCUT2D eigenvalue weighted by atomic mass is 16.6. The molecular weight excluding hydrogens is 488 g/mol. The summed E-state index contributed by atoms with van der Waals surface area (Å²) in [5.74, 6) is -3.83. The van der Waals surface area contributed by atoms with E-state index in [2.05, 4.69) is 18.5 Å². The fourth-order valence-electron chi connectivity index (χ4n) is 4.71. The summed E-state index contributed by atoms with van der Waals surface area (Å²) in [6.45, 7) is 8.87. The average molecular weight is 521 g/mol. The SMILES string of the molecule is C=CCOC(=O)C1=C(NCCc2ccccc2)C[C@@](C)(O)[C@@H](C(=O)OCC=C)[C@H]1c1cccc([N+](=O)[O-])c1. The molecule has 0 unspecified atom stereocenters. The normalized spacial score (nSPS) is 20.8. The molecular formula is C29H32N2O7. The molecule has 1 aliphatic carbocycles. The zero-order valence-corrected chi connectivity index (χ0v) is 21.3. The van der Waals surface area contributed by atoms with Crippen molar-refractivity contribution in [2.45, 2.75) is 31.3 Å². The molecule has 9 nitrogen and oxygen atoms in total. The van der Waals surface area contributed by atoms with E-state index in [0.717, 1.165) is 5.56 Å². The summed E-state index contributed by atoms with van der Waals surface area (Å²) >= 11 is 0. The highest BCUT2D eigenvalue weighted by molar-refractivity contribution is 5.94. The third kappa shape index (κ3) is 6.74. The highest BCUT2D eigenvalue weighted by Gasteiger charge is 2.52. The molecule has 0 amide bonds. The van der Waals surface area contributed by atoms with Crippen LogP contribution in [0.25, 0.3) is 0 Å². The van der Waals surface area contributed by atoms with Crippen molar-refractivity contribution in [2.24, 2.45) is 5.92 Å². The molecule has 0 saturated heterocycles. The second-order valence-corrected chi connectivity index (χ2v) is 9.20. The first kappa shape index (κ1) is 28.3. The zero-order chi connectivity index (χ0) is 27.7. The molecule has 0 saturated carbocycles. The Morgan fingerprint density at radius 3 is 2.47 bits per heavy atom. The van der Waals surface area contributed by atoms with Crippen LogP contribution in [0.3, 0.4) is 0 Å². The standard InChI is InChI=1S/C29H32N2O7/c1-4-16-37-27(32)25-23(30-15-14-20-10-7-6-8-11-20)19-29(3,34)26(28(33)38-17-5-2)24(25)21-12-9-13-22(18-21)31(35)36/h4-13,18,24,26,30,34H,1-2,14-17,19H2,3H3/t24-,26+,29+/m0/s1. The maximum absolute atomic E-state index is 13.4. The Kier molecular flexibility index (Phi) is 9.56. The topological polar surface area (TPSA) is 128 Å². The van der Waals surface area contributed by atoms with Gasteiger partial charge in [0.2, 0.25) is 0 Å². The van der Waals surface area contributed by atoms with Crippen LogP contribution in [0.5, 0.6) is 0 Å². The number of ether oxygens (including phenoxy) is 2. The minimum Gasteiger partial charge on any atom is -0.461 e. The van der Waals surface area contributed by atoms with Crippen LogP contribution in [0.2, 0.25) is 0 Å². The van der Waals surface area contributed by atoms with Gasteiger partial charge in [-0.2, -0.15) is 0 Å². The maximum Gasteiger partial charge on any atom is 0.336 e. The molecule has 0 radical (unpaired) electrons. The number of nitro groups is 1. The van der Waals surface area contributed by atoms with E-state index in [1.54, 1.807) is 6.07 Å². The Balaban J connectivity index is 2.15. The van der Waals surface area contributed by atoms with E-state index in [1.165, 1.54) is 37.3 Å². The fourth-order valence-corrected chi connectivity index (χ4v) is 4.71. The minimum atomic E-state index is -1.66. The first-order chi connectivity index (χ1) is 18.2. The largest absolute Gasteiger partial charge is 0.461 e. The van der Waals surface area contributed by atoms with Gasteiger partial charge in [-0.25, -0.2) is 4.79 Å². The lowest BCUT2D eigenvalue weighted by atomic mass is 9.65. The van der Waals surface area contributed by atoms with Crippen LogP contribution in [0.1, 0.15) is 30.4 Å². The Morgan fingerprint density at radius 1 is 1.13 bits per heavy atom. The van der Waals surface area contributed by atoms with Crippen molar-refractivity contribution < 1.29 is 29.1 Å². The van der Waals surface area contributed by atoms with Gasteiger partial charge in [0.05, 0.1) is 22.0 Å². The van der Waals surface area contributed by atoms with E-state index in [9.17, 15) is 24.8 Å². The summed E-state index contributed by atoms with van der Waals surface area (Å²) in [5, 5.41) is 26.4. The lowest BCUT2D eigenvalue weighted by Gasteiger charge is -2.43. The quantitative estimate of drug-likeness (QED) is 0.186. The third-order valence-electron chi connectivity index (χ3n) is 6.36. The number of benzene rings is 2. The van der Waals surface area contributed by atoms with Crippen molar-refractivity contribution in [2.75, 3.05) is 19.8 Å². The molecule has 38 heavy (non-hydrogen) atoms. The van der Waals surface area contributed by atoms with E-state index < -0.39 is 34.3 Å². The molecule has 2 aromatic rings. The third-order valence-corrected chi connectivity index (χ3v) is 6.36. The maximum atomic E-state index is 13.4. The smallest absolute Gasteiger partial charge is 0.336 e. The lowest BCUT2D eigenvalue weighted by Crippen LogP contribution is -2.50. The van der Waals surface area contributed by atoms with Crippen LogP contribution < -0.4 is 5.32 Å². The van der Waals surface area contributed by atoms with Crippen LogP contribution in [0.15, 0.2) is 91.2 Å². The summed E-state index contributed by atoms with van der Waals surface area (Å²) < 4.78 is 10.7. The van der Waals surface area contributed by atoms with Gasteiger partial charge in [-0.15, -0.1) is 0 Å². The van der Waals surface area contributed by atoms with Gasteiger partial charge in [-0.1, -0.05) is 67.8 Å². The molecule has 2 aromatic carbocycles. The first-order valence-electron chi connectivity index (χ1n) is 12.2. The van der Waals surface area contributed by atoms with Gasteiger partial charge in [0.25, 0.3) is 5.69 Å². The molecule has 0 aromatic heterocycles. The molecule has 1 aliphatic rings. The predicted octanol–water partition coefficient (Wildman–Crippen LogP) is 3.99. The number of esters is 2. The number of rotatable bonds is 12. The van der Waals surface area contributed by atoms with Gasteiger partial charge in [0.15, 0.2) is 0 Å². The van der Waals surface area contributed by atoms with Gasteiger partial charge < -0.3 is 19.9 Å². The highest BCUT2D eigenvalue weighted by Crippen LogP contribution is 2.47.